The third-order valence-corrected chi connectivity index (χ3v) is 7.72. The molecular weight excluding hydrogens is 168 g/mol. The standard InChI is InChI=1S/C3H12O3Si3/c1-9(2,3)6-8-4-7-5-8/h8H,7H2,1-3H3. The van der Waals surface area contributed by atoms with Crippen molar-refractivity contribution in [2.45, 2.75) is 19.6 Å². The molecule has 0 amide bonds. The maximum Gasteiger partial charge on any atom is 0.455 e. The molecule has 1 rings (SSSR count). The smallest absolute Gasteiger partial charge is 0.419 e. The second-order valence-corrected chi connectivity index (χ2v) is 11.6. The van der Waals surface area contributed by atoms with Crippen molar-refractivity contribution in [3.63, 3.8) is 0 Å². The fourth-order valence-corrected chi connectivity index (χ4v) is 5.55. The zero-order valence-corrected chi connectivity index (χ0v) is 9.58. The maximum atomic E-state index is 5.54. The van der Waals surface area contributed by atoms with Crippen molar-refractivity contribution >= 4 is 27.9 Å². The summed E-state index contributed by atoms with van der Waals surface area (Å²) in [7, 11) is -3.41. The number of hydrogen-bond donors (Lipinski definition) is 0. The molecule has 0 spiro atoms. The molecule has 1 heterocycles. The Labute approximate surface area is 60.5 Å². The summed E-state index contributed by atoms with van der Waals surface area (Å²) in [6.07, 6.45) is 0. The Morgan fingerprint density at radius 2 is 1.89 bits per heavy atom. The van der Waals surface area contributed by atoms with Crippen LogP contribution in [-0.4, -0.2) is 27.9 Å². The molecule has 1 aliphatic heterocycles. The zero-order valence-electron chi connectivity index (χ0n) is 6.01. The van der Waals surface area contributed by atoms with Crippen LogP contribution in [0.25, 0.3) is 0 Å². The summed E-state index contributed by atoms with van der Waals surface area (Å²) in [5.74, 6) is 0. The average molecular weight is 180 g/mol. The van der Waals surface area contributed by atoms with Crippen molar-refractivity contribution in [2.75, 3.05) is 0 Å². The minimum Gasteiger partial charge on any atom is -0.419 e. The van der Waals surface area contributed by atoms with Crippen LogP contribution in [0.3, 0.4) is 0 Å². The van der Waals surface area contributed by atoms with E-state index >= 15 is 0 Å². The highest BCUT2D eigenvalue weighted by Crippen LogP contribution is 2.10. The van der Waals surface area contributed by atoms with Crippen LogP contribution in [-0.2, 0) is 12.3 Å². The fraction of sp³-hybridized carbons (Fsp3) is 1.00. The van der Waals surface area contributed by atoms with Crippen molar-refractivity contribution in [3.8, 4) is 0 Å². The van der Waals surface area contributed by atoms with Crippen molar-refractivity contribution in [1.82, 2.24) is 0 Å². The Bertz CT molecular complexity index is 97.0. The van der Waals surface area contributed by atoms with Crippen LogP contribution < -0.4 is 0 Å². The van der Waals surface area contributed by atoms with Crippen LogP contribution in [0, 0.1) is 0 Å². The van der Waals surface area contributed by atoms with E-state index < -0.39 is 27.9 Å². The average Bonchev–Trinajstić information content (AvgIpc) is 1.53. The van der Waals surface area contributed by atoms with Gasteiger partial charge in [0.2, 0.25) is 0 Å². The van der Waals surface area contributed by atoms with Crippen molar-refractivity contribution in [1.29, 1.82) is 0 Å². The van der Waals surface area contributed by atoms with Crippen LogP contribution in [0.4, 0.5) is 0 Å². The molecule has 0 saturated carbocycles. The molecular formula is C3H12O3Si3. The van der Waals surface area contributed by atoms with Gasteiger partial charge in [-0.1, -0.05) is 0 Å². The van der Waals surface area contributed by atoms with Gasteiger partial charge in [0.15, 0.2) is 8.32 Å². The van der Waals surface area contributed by atoms with Crippen molar-refractivity contribution < 1.29 is 12.3 Å². The van der Waals surface area contributed by atoms with Crippen LogP contribution >= 0.6 is 0 Å². The van der Waals surface area contributed by atoms with Gasteiger partial charge in [-0.05, 0) is 19.6 Å². The first-order chi connectivity index (χ1) is 4.08. The van der Waals surface area contributed by atoms with Gasteiger partial charge in [-0.15, -0.1) is 0 Å². The molecule has 0 atom stereocenters. The van der Waals surface area contributed by atoms with E-state index in [1.165, 1.54) is 0 Å². The molecule has 3 nitrogen and oxygen atoms in total. The summed E-state index contributed by atoms with van der Waals surface area (Å²) in [5, 5.41) is 0. The van der Waals surface area contributed by atoms with E-state index in [2.05, 4.69) is 19.6 Å². The van der Waals surface area contributed by atoms with E-state index in [0.717, 1.165) is 0 Å². The van der Waals surface area contributed by atoms with Crippen LogP contribution in [0.15, 0.2) is 0 Å². The highest BCUT2D eigenvalue weighted by atomic mass is 28.5. The van der Waals surface area contributed by atoms with Gasteiger partial charge in [0.25, 0.3) is 10.0 Å². The second-order valence-electron chi connectivity index (χ2n) is 2.97. The van der Waals surface area contributed by atoms with Gasteiger partial charge in [-0.25, -0.2) is 0 Å². The van der Waals surface area contributed by atoms with E-state index in [9.17, 15) is 0 Å². The lowest BCUT2D eigenvalue weighted by molar-refractivity contribution is 0.220. The SMILES string of the molecule is C[Si](C)(C)O[SiH]1O[SiH2]O1. The third-order valence-electron chi connectivity index (χ3n) is 0.858. The van der Waals surface area contributed by atoms with Crippen LogP contribution in [0.5, 0.6) is 0 Å². The van der Waals surface area contributed by atoms with Gasteiger partial charge in [-0.3, -0.25) is 0 Å². The Kier molecular flexibility index (Phi) is 2.24. The normalized spacial score (nSPS) is 30.3. The number of rotatable bonds is 2. The maximum absolute atomic E-state index is 5.54. The molecule has 0 aromatic carbocycles. The summed E-state index contributed by atoms with van der Waals surface area (Å²) in [6, 6.07) is 0. The predicted molar refractivity (Wildman–Crippen MR) is 42.3 cm³/mol. The summed E-state index contributed by atoms with van der Waals surface area (Å²) < 4.78 is 15.9. The molecule has 1 fully saturated rings. The van der Waals surface area contributed by atoms with E-state index in [1.807, 2.05) is 0 Å². The monoisotopic (exact) mass is 180 g/mol. The molecule has 6 heteroatoms. The molecule has 0 N–H and O–H groups in total. The molecule has 0 aliphatic carbocycles. The first-order valence-electron chi connectivity index (χ1n) is 2.99. The minimum absolute atomic E-state index is 0.552. The molecule has 0 bridgehead atoms. The third kappa shape index (κ3) is 2.74. The first-order valence-corrected chi connectivity index (χ1v) is 8.97. The molecule has 0 radical (unpaired) electrons. The van der Waals surface area contributed by atoms with Gasteiger partial charge >= 0.3 is 9.53 Å². The van der Waals surface area contributed by atoms with Gasteiger partial charge in [0.05, 0.1) is 0 Å². The molecule has 1 aliphatic rings. The van der Waals surface area contributed by atoms with E-state index in [0.29, 0.717) is 0 Å². The second kappa shape index (κ2) is 2.64. The summed E-state index contributed by atoms with van der Waals surface area (Å²) in [4.78, 5) is 0. The van der Waals surface area contributed by atoms with Crippen LogP contribution in [0.1, 0.15) is 0 Å². The predicted octanol–water partition coefficient (Wildman–Crippen LogP) is -0.399. The molecule has 54 valence electrons. The molecule has 0 aromatic heterocycles. The zero-order chi connectivity index (χ0) is 6.91. The van der Waals surface area contributed by atoms with Crippen LogP contribution in [0.2, 0.25) is 19.6 Å². The van der Waals surface area contributed by atoms with Gasteiger partial charge in [0, 0.05) is 0 Å². The topological polar surface area (TPSA) is 27.7 Å². The lowest BCUT2D eigenvalue weighted by Gasteiger charge is -2.30. The van der Waals surface area contributed by atoms with E-state index in [1.54, 1.807) is 0 Å². The summed E-state index contributed by atoms with van der Waals surface area (Å²) >= 11 is 0. The Hall–Kier alpha value is 0.531. The quantitative estimate of drug-likeness (QED) is 0.541. The lowest BCUT2D eigenvalue weighted by Crippen LogP contribution is -2.48. The molecule has 0 aromatic rings. The molecule has 9 heavy (non-hydrogen) atoms. The van der Waals surface area contributed by atoms with Crippen molar-refractivity contribution in [3.05, 3.63) is 0 Å². The van der Waals surface area contributed by atoms with Gasteiger partial charge in [-0.2, -0.15) is 0 Å². The lowest BCUT2D eigenvalue weighted by atomic mass is 11.8. The van der Waals surface area contributed by atoms with Gasteiger partial charge < -0.3 is 12.3 Å². The van der Waals surface area contributed by atoms with E-state index in [4.69, 9.17) is 12.3 Å². The summed E-state index contributed by atoms with van der Waals surface area (Å²) in [5.41, 5.74) is 0. The Morgan fingerprint density at radius 3 is 2.00 bits per heavy atom. The van der Waals surface area contributed by atoms with Crippen molar-refractivity contribution in [2.24, 2.45) is 0 Å². The highest BCUT2D eigenvalue weighted by molar-refractivity contribution is 6.77. The first kappa shape index (κ1) is 7.64. The fourth-order valence-electron chi connectivity index (χ4n) is 0.480. The number of hydrogen-bond acceptors (Lipinski definition) is 3. The summed E-state index contributed by atoms with van der Waals surface area (Å²) in [6.45, 7) is 6.44. The largest absolute Gasteiger partial charge is 0.455 e. The Balaban J connectivity index is 2.16. The van der Waals surface area contributed by atoms with E-state index in [-0.39, 0.29) is 0 Å². The minimum atomic E-state index is -1.50. The molecule has 1 saturated heterocycles. The van der Waals surface area contributed by atoms with Gasteiger partial charge in [0.1, 0.15) is 0 Å². The Morgan fingerprint density at radius 1 is 1.33 bits per heavy atom. The molecule has 0 unspecified atom stereocenters. The highest BCUT2D eigenvalue weighted by Gasteiger charge is 2.30.